The van der Waals surface area contributed by atoms with Crippen molar-refractivity contribution < 1.29 is 14.3 Å². The zero-order valence-corrected chi connectivity index (χ0v) is 10.6. The number of esters is 1. The summed E-state index contributed by atoms with van der Waals surface area (Å²) in [5, 5.41) is 2.90. The van der Waals surface area contributed by atoms with Crippen molar-refractivity contribution in [2.24, 2.45) is 0 Å². The van der Waals surface area contributed by atoms with E-state index in [0.29, 0.717) is 17.9 Å². The van der Waals surface area contributed by atoms with Gasteiger partial charge in [0.1, 0.15) is 0 Å². The third-order valence-corrected chi connectivity index (χ3v) is 2.87. The van der Waals surface area contributed by atoms with E-state index in [2.05, 4.69) is 5.32 Å². The second-order valence-corrected chi connectivity index (χ2v) is 4.22. The van der Waals surface area contributed by atoms with Crippen LogP contribution in [0.5, 0.6) is 0 Å². The summed E-state index contributed by atoms with van der Waals surface area (Å²) in [5.41, 5.74) is 1.77. The molecule has 0 fully saturated rings. The Bertz CT molecular complexity index is 537. The molecule has 0 atom stereocenters. The first-order valence-corrected chi connectivity index (χ1v) is 5.96. The average Bonchev–Trinajstić information content (AvgIpc) is 2.64. The van der Waals surface area contributed by atoms with Crippen molar-refractivity contribution in [1.82, 2.24) is 0 Å². The highest BCUT2D eigenvalue weighted by molar-refractivity contribution is 6.44. The standard InChI is InChI=1S/C13H12ClNO3/c1-2-18-11(16)7-9(14)12-8-5-3-4-6-10(8)15-13(12)17/h3-6H,2,7H2,1H3,(H,15,17)/b12-9+. The van der Waals surface area contributed by atoms with Gasteiger partial charge in [0.2, 0.25) is 0 Å². The Hall–Kier alpha value is -1.81. The summed E-state index contributed by atoms with van der Waals surface area (Å²) in [6, 6.07) is 7.21. The van der Waals surface area contributed by atoms with Gasteiger partial charge in [0.15, 0.2) is 0 Å². The average molecular weight is 266 g/mol. The summed E-state index contributed by atoms with van der Waals surface area (Å²) in [7, 11) is 0. The second-order valence-electron chi connectivity index (χ2n) is 3.76. The number of rotatable bonds is 3. The molecule has 0 bridgehead atoms. The molecule has 1 heterocycles. The summed E-state index contributed by atoms with van der Waals surface area (Å²) < 4.78 is 4.81. The van der Waals surface area contributed by atoms with Crippen LogP contribution in [0.4, 0.5) is 5.69 Å². The molecule has 0 aliphatic carbocycles. The Labute approximate surface area is 110 Å². The Kier molecular flexibility index (Phi) is 3.67. The number of benzene rings is 1. The largest absolute Gasteiger partial charge is 0.466 e. The van der Waals surface area contributed by atoms with Crippen molar-refractivity contribution in [2.45, 2.75) is 13.3 Å². The van der Waals surface area contributed by atoms with Gasteiger partial charge in [-0.25, -0.2) is 0 Å². The molecule has 0 saturated heterocycles. The fraction of sp³-hybridized carbons (Fsp3) is 0.231. The van der Waals surface area contributed by atoms with Gasteiger partial charge >= 0.3 is 5.97 Å². The van der Waals surface area contributed by atoms with Gasteiger partial charge in [-0.15, -0.1) is 0 Å². The number of ether oxygens (including phenoxy) is 1. The van der Waals surface area contributed by atoms with Crippen LogP contribution >= 0.6 is 11.6 Å². The lowest BCUT2D eigenvalue weighted by Gasteiger charge is -2.03. The highest BCUT2D eigenvalue weighted by Crippen LogP contribution is 2.35. The van der Waals surface area contributed by atoms with Gasteiger partial charge in [-0.05, 0) is 13.0 Å². The van der Waals surface area contributed by atoms with Crippen molar-refractivity contribution in [1.29, 1.82) is 0 Å². The van der Waals surface area contributed by atoms with E-state index >= 15 is 0 Å². The lowest BCUT2D eigenvalue weighted by molar-refractivity contribution is -0.142. The van der Waals surface area contributed by atoms with Crippen molar-refractivity contribution in [3.63, 3.8) is 0 Å². The van der Waals surface area contributed by atoms with Crippen LogP contribution < -0.4 is 5.32 Å². The molecule has 1 aliphatic heterocycles. The quantitative estimate of drug-likeness (QED) is 0.675. The number of halogens is 1. The van der Waals surface area contributed by atoms with E-state index in [-0.39, 0.29) is 17.4 Å². The minimum atomic E-state index is -0.438. The van der Waals surface area contributed by atoms with E-state index in [9.17, 15) is 9.59 Å². The van der Waals surface area contributed by atoms with E-state index in [1.54, 1.807) is 19.1 Å². The molecule has 1 aromatic carbocycles. The number of hydrogen-bond acceptors (Lipinski definition) is 3. The van der Waals surface area contributed by atoms with Crippen LogP contribution in [-0.4, -0.2) is 18.5 Å². The molecule has 4 nitrogen and oxygen atoms in total. The molecule has 1 N–H and O–H groups in total. The van der Waals surface area contributed by atoms with Crippen LogP contribution in [0.3, 0.4) is 0 Å². The van der Waals surface area contributed by atoms with Crippen molar-refractivity contribution in [3.8, 4) is 0 Å². The van der Waals surface area contributed by atoms with Crippen LogP contribution in [0, 0.1) is 0 Å². The van der Waals surface area contributed by atoms with Gasteiger partial charge in [0, 0.05) is 16.3 Å². The Balaban J connectivity index is 2.32. The Morgan fingerprint density at radius 2 is 2.11 bits per heavy atom. The molecule has 0 aromatic heterocycles. The topological polar surface area (TPSA) is 55.4 Å². The summed E-state index contributed by atoms with van der Waals surface area (Å²) in [5.74, 6) is -0.724. The van der Waals surface area contributed by atoms with Crippen LogP contribution in [0.15, 0.2) is 29.3 Å². The van der Waals surface area contributed by atoms with Gasteiger partial charge in [0.25, 0.3) is 5.91 Å². The smallest absolute Gasteiger partial charge is 0.311 e. The number of nitrogens with one attached hydrogen (secondary N) is 1. The molecule has 0 unspecified atom stereocenters. The van der Waals surface area contributed by atoms with E-state index < -0.39 is 5.97 Å². The van der Waals surface area contributed by atoms with Crippen LogP contribution in [0.25, 0.3) is 5.57 Å². The van der Waals surface area contributed by atoms with E-state index in [1.165, 1.54) is 0 Å². The monoisotopic (exact) mass is 265 g/mol. The number of carbonyl (C=O) groups is 2. The minimum absolute atomic E-state index is 0.0908. The van der Waals surface area contributed by atoms with Crippen LogP contribution in [0.2, 0.25) is 0 Å². The zero-order chi connectivity index (χ0) is 13.1. The van der Waals surface area contributed by atoms with Crippen LogP contribution in [-0.2, 0) is 14.3 Å². The zero-order valence-electron chi connectivity index (χ0n) is 9.83. The number of anilines is 1. The first kappa shape index (κ1) is 12.6. The van der Waals surface area contributed by atoms with E-state index in [1.807, 2.05) is 12.1 Å². The molecular weight excluding hydrogens is 254 g/mol. The lowest BCUT2D eigenvalue weighted by atomic mass is 10.1. The molecule has 1 amide bonds. The minimum Gasteiger partial charge on any atom is -0.466 e. The van der Waals surface area contributed by atoms with Crippen LogP contribution in [0.1, 0.15) is 18.9 Å². The normalized spacial score (nSPS) is 16.0. The third kappa shape index (κ3) is 2.38. The maximum absolute atomic E-state index is 11.8. The number of carbonyl (C=O) groups excluding carboxylic acids is 2. The summed E-state index contributed by atoms with van der Waals surface area (Å²) in [6.07, 6.45) is -0.0908. The number of para-hydroxylation sites is 1. The lowest BCUT2D eigenvalue weighted by Crippen LogP contribution is -2.08. The predicted molar refractivity (Wildman–Crippen MR) is 69.1 cm³/mol. The van der Waals surface area contributed by atoms with E-state index in [0.717, 1.165) is 5.56 Å². The summed E-state index contributed by atoms with van der Waals surface area (Å²) in [4.78, 5) is 23.2. The fourth-order valence-corrected chi connectivity index (χ4v) is 2.11. The van der Waals surface area contributed by atoms with Gasteiger partial charge in [-0.1, -0.05) is 29.8 Å². The Morgan fingerprint density at radius 3 is 2.83 bits per heavy atom. The molecule has 5 heteroatoms. The predicted octanol–water partition coefficient (Wildman–Crippen LogP) is 2.54. The number of hydrogen-bond donors (Lipinski definition) is 1. The van der Waals surface area contributed by atoms with Gasteiger partial charge in [-0.3, -0.25) is 9.59 Å². The molecule has 1 aliphatic rings. The van der Waals surface area contributed by atoms with Gasteiger partial charge in [0.05, 0.1) is 18.6 Å². The number of fused-ring (bicyclic) bond motifs is 1. The van der Waals surface area contributed by atoms with Gasteiger partial charge < -0.3 is 10.1 Å². The maximum atomic E-state index is 11.8. The van der Waals surface area contributed by atoms with Crippen molar-refractivity contribution >= 4 is 34.7 Å². The maximum Gasteiger partial charge on any atom is 0.311 e. The fourth-order valence-electron chi connectivity index (χ4n) is 1.81. The molecule has 1 aromatic rings. The first-order chi connectivity index (χ1) is 8.63. The number of amides is 1. The highest BCUT2D eigenvalue weighted by Gasteiger charge is 2.27. The molecule has 2 rings (SSSR count). The molecule has 0 radical (unpaired) electrons. The molecule has 0 saturated carbocycles. The molecule has 94 valence electrons. The second kappa shape index (κ2) is 5.23. The first-order valence-electron chi connectivity index (χ1n) is 5.58. The SMILES string of the molecule is CCOC(=O)C/C(Cl)=C1\C(=O)Nc2ccccc21. The highest BCUT2D eigenvalue weighted by atomic mass is 35.5. The molecular formula is C13H12ClNO3. The molecule has 18 heavy (non-hydrogen) atoms. The Morgan fingerprint density at radius 1 is 1.39 bits per heavy atom. The van der Waals surface area contributed by atoms with E-state index in [4.69, 9.17) is 16.3 Å². The summed E-state index contributed by atoms with van der Waals surface area (Å²) in [6.45, 7) is 2.01. The van der Waals surface area contributed by atoms with Gasteiger partial charge in [-0.2, -0.15) is 0 Å². The third-order valence-electron chi connectivity index (χ3n) is 2.55. The molecule has 0 spiro atoms. The summed E-state index contributed by atoms with van der Waals surface area (Å²) >= 11 is 6.06. The van der Waals surface area contributed by atoms with Crippen molar-refractivity contribution in [2.75, 3.05) is 11.9 Å². The van der Waals surface area contributed by atoms with Crippen molar-refractivity contribution in [3.05, 3.63) is 34.9 Å².